The van der Waals surface area contributed by atoms with E-state index in [0.717, 1.165) is 33.4 Å². The summed E-state index contributed by atoms with van der Waals surface area (Å²) in [5.41, 5.74) is 4.66. The van der Waals surface area contributed by atoms with E-state index in [2.05, 4.69) is 25.8 Å². The number of pyridine rings is 1. The monoisotopic (exact) mass is 812 g/mol. The molecule has 0 bridgehead atoms. The van der Waals surface area contributed by atoms with Gasteiger partial charge < -0.3 is 5.11 Å². The highest BCUT2D eigenvalue weighted by Crippen LogP contribution is 2.46. The van der Waals surface area contributed by atoms with Crippen molar-refractivity contribution in [1.82, 2.24) is 14.5 Å². The zero-order valence-corrected chi connectivity index (χ0v) is 36.1. The number of imidazole rings is 1. The first kappa shape index (κ1) is 30.7. The fourth-order valence-electron chi connectivity index (χ4n) is 8.00. The molecule has 0 spiro atoms. The second-order valence-corrected chi connectivity index (χ2v) is 18.3. The Kier molecular flexibility index (Phi) is 7.88. The molecule has 4 heteroatoms. The van der Waals surface area contributed by atoms with Crippen LogP contribution in [-0.2, 0) is 16.2 Å². The predicted octanol–water partition coefficient (Wildman–Crippen LogP) is 15.5. The highest BCUT2D eigenvalue weighted by Gasteiger charge is 2.29. The van der Waals surface area contributed by atoms with E-state index < -0.39 is 42.8 Å². The smallest absolute Gasteiger partial charge is 0.149 e. The van der Waals surface area contributed by atoms with E-state index in [1.165, 1.54) is 12.1 Å². The molecule has 8 rings (SSSR count). The van der Waals surface area contributed by atoms with Crippen LogP contribution in [0.1, 0.15) is 118 Å². The van der Waals surface area contributed by atoms with Gasteiger partial charge in [0, 0.05) is 42.2 Å². The Morgan fingerprint density at radius 3 is 1.90 bits per heavy atom. The quantitative estimate of drug-likeness (QED) is 0.174. The van der Waals surface area contributed by atoms with Crippen molar-refractivity contribution >= 4 is 11.0 Å². The number of fused-ring (bicyclic) bond motifs is 1. The van der Waals surface area contributed by atoms with E-state index in [1.807, 2.05) is 148 Å². The summed E-state index contributed by atoms with van der Waals surface area (Å²) in [5.74, 6) is -0.533. The number of para-hydroxylation sites is 1. The molecule has 0 fully saturated rings. The van der Waals surface area contributed by atoms with Crippen LogP contribution in [0.15, 0.2) is 146 Å². The molecule has 0 aliphatic rings. The van der Waals surface area contributed by atoms with Crippen molar-refractivity contribution in [3.63, 3.8) is 0 Å². The molecule has 8 aromatic rings. The third kappa shape index (κ3) is 8.16. The number of hydrogen-bond acceptors (Lipinski definition) is 3. The Bertz CT molecular complexity index is 3240. The van der Waals surface area contributed by atoms with Gasteiger partial charge >= 0.3 is 0 Å². The van der Waals surface area contributed by atoms with Crippen molar-refractivity contribution in [3.8, 4) is 67.5 Å². The van der Waals surface area contributed by atoms with Crippen molar-refractivity contribution in [1.29, 1.82) is 0 Å². The molecule has 2 aromatic heterocycles. The van der Waals surface area contributed by atoms with Crippen molar-refractivity contribution in [2.75, 3.05) is 0 Å². The topological polar surface area (TPSA) is 50.9 Å². The van der Waals surface area contributed by atoms with Gasteiger partial charge in [-0.1, -0.05) is 167 Å². The van der Waals surface area contributed by atoms with Gasteiger partial charge in [0.15, 0.2) is 0 Å². The van der Waals surface area contributed by atoms with Gasteiger partial charge in [-0.3, -0.25) is 9.55 Å². The van der Waals surface area contributed by atoms with Gasteiger partial charge in [-0.2, -0.15) is 0 Å². The Hall–Kier alpha value is -6.26. The summed E-state index contributed by atoms with van der Waals surface area (Å²) >= 11 is 0. The van der Waals surface area contributed by atoms with Gasteiger partial charge in [-0.25, -0.2) is 4.98 Å². The van der Waals surface area contributed by atoms with Gasteiger partial charge in [0.2, 0.25) is 0 Å². The molecule has 6 aromatic carbocycles. The minimum absolute atomic E-state index is 0.0419. The van der Waals surface area contributed by atoms with E-state index in [0.29, 0.717) is 56.1 Å². The minimum Gasteiger partial charge on any atom is -0.507 e. The van der Waals surface area contributed by atoms with E-state index in [9.17, 15) is 5.11 Å². The average molecular weight is 812 g/mol. The van der Waals surface area contributed by atoms with Gasteiger partial charge in [0.05, 0.1) is 28.0 Å². The van der Waals surface area contributed by atoms with Crippen LogP contribution in [0, 0.1) is 0 Å². The van der Waals surface area contributed by atoms with Crippen LogP contribution in [0.4, 0.5) is 0 Å². The maximum Gasteiger partial charge on any atom is 0.149 e. The lowest BCUT2D eigenvalue weighted by Crippen LogP contribution is -2.17. The van der Waals surface area contributed by atoms with E-state index >= 15 is 0 Å². The number of benzene rings is 6. The lowest BCUT2D eigenvalue weighted by atomic mass is 9.79. The Labute approximate surface area is 377 Å². The first-order valence-electron chi connectivity index (χ1n) is 25.7. The largest absolute Gasteiger partial charge is 0.507 e. The SMILES string of the molecule is [2H]C(C)(C)c1ccc(-n2c(-c3cc(C(C)(C)C)cc(C(C)(C)C)c3O)nc3c(-c4cc(-c5cc(-c6ccccc6)ccn5)cc(C(C([2H])([2H])[2H])(C([2H])([2H])[2H])C([2H])([2H])[2H])c4)cccc32)c(-c2ccccc2)c1. The van der Waals surface area contributed by atoms with Crippen molar-refractivity contribution < 1.29 is 18.8 Å². The third-order valence-electron chi connectivity index (χ3n) is 11.4. The third-order valence-corrected chi connectivity index (χ3v) is 11.4. The van der Waals surface area contributed by atoms with Gasteiger partial charge in [0.1, 0.15) is 11.6 Å². The number of aromatic nitrogens is 3. The first-order valence-corrected chi connectivity index (χ1v) is 20.7. The molecule has 308 valence electrons. The molecule has 1 N–H and O–H groups in total. The number of nitrogens with zero attached hydrogens (tertiary/aromatic N) is 3. The van der Waals surface area contributed by atoms with E-state index in [4.69, 9.17) is 18.7 Å². The Balaban J connectivity index is 1.54. The second-order valence-electron chi connectivity index (χ2n) is 18.3. The fourth-order valence-corrected chi connectivity index (χ4v) is 8.00. The van der Waals surface area contributed by atoms with Crippen molar-refractivity contribution in [2.45, 2.75) is 98.1 Å². The molecule has 0 atom stereocenters. The molecule has 0 saturated heterocycles. The Morgan fingerprint density at radius 1 is 0.574 bits per heavy atom. The summed E-state index contributed by atoms with van der Waals surface area (Å²) in [7, 11) is 0. The molecule has 61 heavy (non-hydrogen) atoms. The maximum atomic E-state index is 12.6. The fraction of sp³-hybridized carbons (Fsp3) is 0.263. The van der Waals surface area contributed by atoms with E-state index in [-0.39, 0.29) is 11.2 Å². The molecule has 0 saturated carbocycles. The molecular formula is C57H59N3O. The number of rotatable bonds is 7. The van der Waals surface area contributed by atoms with Crippen LogP contribution < -0.4 is 0 Å². The predicted molar refractivity (Wildman–Crippen MR) is 258 cm³/mol. The summed E-state index contributed by atoms with van der Waals surface area (Å²) in [4.78, 5) is 10.1. The Morgan fingerprint density at radius 2 is 1.25 bits per heavy atom. The number of phenols is 1. The van der Waals surface area contributed by atoms with Gasteiger partial charge in [-0.05, 0) is 110 Å². The lowest BCUT2D eigenvalue weighted by molar-refractivity contribution is 0.446. The first-order chi connectivity index (χ1) is 32.9. The maximum absolute atomic E-state index is 12.6. The average Bonchev–Trinajstić information content (AvgIpc) is 3.66. The van der Waals surface area contributed by atoms with Crippen LogP contribution in [-0.4, -0.2) is 19.6 Å². The lowest BCUT2D eigenvalue weighted by Gasteiger charge is -2.27. The van der Waals surface area contributed by atoms with E-state index in [1.54, 1.807) is 24.4 Å². The molecule has 2 heterocycles. The number of phenolic OH excluding ortho intramolecular Hbond substituents is 1. The standard InChI is InChI=1S/C57H59N3O/c1-36(2)39-25-26-50(46(32-39)38-21-16-13-17-22-38)60-51-24-18-23-45(52(51)59-54(60)47-34-44(56(6,7)8)35-48(53(47)61)57(9,10)11)41-29-42(31-43(30-41)55(3,4)5)49-33-40(27-28-58-49)37-19-14-12-15-20-37/h12-36,61H,1-11H3/i3D3,4D3,5D3,36D. The summed E-state index contributed by atoms with van der Waals surface area (Å²) in [6, 6.07) is 42.9. The van der Waals surface area contributed by atoms with Crippen LogP contribution in [0.25, 0.3) is 72.7 Å². The van der Waals surface area contributed by atoms with Crippen LogP contribution in [0.2, 0.25) is 0 Å². The normalized spacial score (nSPS) is 15.6. The summed E-state index contributed by atoms with van der Waals surface area (Å²) in [6.07, 6.45) is 1.60. The minimum atomic E-state index is -3.55. The molecule has 0 aliphatic heterocycles. The number of hydrogen-bond donors (Lipinski definition) is 1. The van der Waals surface area contributed by atoms with Crippen LogP contribution >= 0.6 is 0 Å². The van der Waals surface area contributed by atoms with Gasteiger partial charge in [0.25, 0.3) is 0 Å². The highest BCUT2D eigenvalue weighted by atomic mass is 16.3. The van der Waals surface area contributed by atoms with Crippen LogP contribution in [0.5, 0.6) is 5.75 Å². The zero-order chi connectivity index (χ0) is 51.9. The molecule has 0 amide bonds. The number of aromatic hydroxyl groups is 1. The summed E-state index contributed by atoms with van der Waals surface area (Å²) in [5, 5.41) is 12.6. The van der Waals surface area contributed by atoms with Crippen molar-refractivity contribution in [3.05, 3.63) is 168 Å². The molecular weight excluding hydrogens is 743 g/mol. The molecule has 0 unspecified atom stereocenters. The highest BCUT2D eigenvalue weighted by molar-refractivity contribution is 5.98. The molecule has 0 aliphatic carbocycles. The van der Waals surface area contributed by atoms with Gasteiger partial charge in [-0.15, -0.1) is 0 Å². The summed E-state index contributed by atoms with van der Waals surface area (Å²) < 4.78 is 90.0. The molecule has 0 radical (unpaired) electrons. The summed E-state index contributed by atoms with van der Waals surface area (Å²) in [6.45, 7) is 5.48. The second kappa shape index (κ2) is 15.6. The van der Waals surface area contributed by atoms with Crippen LogP contribution in [0.3, 0.4) is 0 Å². The van der Waals surface area contributed by atoms with Crippen molar-refractivity contribution in [2.24, 2.45) is 0 Å². The molecule has 4 nitrogen and oxygen atoms in total. The zero-order valence-electron chi connectivity index (χ0n) is 46.1.